The molecule has 6 heteroatoms. The van der Waals surface area contributed by atoms with Gasteiger partial charge in [-0.25, -0.2) is 0 Å². The number of aromatic nitrogens is 1. The normalized spacial score (nSPS) is 10.5. The van der Waals surface area contributed by atoms with Gasteiger partial charge in [0.15, 0.2) is 11.5 Å². The van der Waals surface area contributed by atoms with Crippen LogP contribution in [0.4, 0.5) is 0 Å². The zero-order valence-electron chi connectivity index (χ0n) is 10.1. The first-order chi connectivity index (χ1) is 8.79. The third-order valence-corrected chi connectivity index (χ3v) is 3.18. The fourth-order valence-electron chi connectivity index (χ4n) is 1.48. The predicted octanol–water partition coefficient (Wildman–Crippen LogP) is 1.78. The Morgan fingerprint density at radius 1 is 1.50 bits per heavy atom. The van der Waals surface area contributed by atoms with Gasteiger partial charge >= 0.3 is 0 Å². The van der Waals surface area contributed by atoms with Crippen LogP contribution in [0.1, 0.15) is 28.0 Å². The van der Waals surface area contributed by atoms with Gasteiger partial charge < -0.3 is 15.2 Å². The zero-order chi connectivity index (χ0) is 12.8. The van der Waals surface area contributed by atoms with Crippen LogP contribution in [0, 0.1) is 0 Å². The molecule has 2 N–H and O–H groups in total. The van der Waals surface area contributed by atoms with Gasteiger partial charge in [-0.15, -0.1) is 11.3 Å². The lowest BCUT2D eigenvalue weighted by atomic mass is 10.3. The van der Waals surface area contributed by atoms with E-state index in [2.05, 4.69) is 21.9 Å². The molecule has 96 valence electrons. The summed E-state index contributed by atoms with van der Waals surface area (Å²) in [5.41, 5.74) is 0.324. The van der Waals surface area contributed by atoms with E-state index in [9.17, 15) is 4.79 Å². The Hall–Kier alpha value is -1.66. The SMILES string of the molecule is CCNC(=O)c1cc(CNCc2cccs2)on1. The highest BCUT2D eigenvalue weighted by atomic mass is 32.1. The molecule has 0 aliphatic carbocycles. The topological polar surface area (TPSA) is 67.2 Å². The summed E-state index contributed by atoms with van der Waals surface area (Å²) in [5.74, 6) is 0.457. The number of carbonyl (C=O) groups is 1. The summed E-state index contributed by atoms with van der Waals surface area (Å²) in [6.45, 7) is 3.79. The van der Waals surface area contributed by atoms with Crippen molar-refractivity contribution in [1.29, 1.82) is 0 Å². The first kappa shape index (κ1) is 12.8. The maximum atomic E-state index is 11.5. The summed E-state index contributed by atoms with van der Waals surface area (Å²) < 4.78 is 5.08. The van der Waals surface area contributed by atoms with Gasteiger partial charge in [0.1, 0.15) is 0 Å². The number of nitrogens with zero attached hydrogens (tertiary/aromatic N) is 1. The van der Waals surface area contributed by atoms with E-state index in [-0.39, 0.29) is 5.91 Å². The fraction of sp³-hybridized carbons (Fsp3) is 0.333. The molecule has 0 bridgehead atoms. The first-order valence-corrected chi connectivity index (χ1v) is 6.64. The Bertz CT molecular complexity index is 493. The van der Waals surface area contributed by atoms with Crippen molar-refractivity contribution in [3.63, 3.8) is 0 Å². The van der Waals surface area contributed by atoms with Gasteiger partial charge in [0.25, 0.3) is 5.91 Å². The summed E-state index contributed by atoms with van der Waals surface area (Å²) >= 11 is 1.70. The number of amides is 1. The molecule has 0 fully saturated rings. The molecule has 5 nitrogen and oxygen atoms in total. The van der Waals surface area contributed by atoms with Gasteiger partial charge in [0, 0.05) is 24.0 Å². The summed E-state index contributed by atoms with van der Waals surface area (Å²) in [6, 6.07) is 5.74. The van der Waals surface area contributed by atoms with Crippen molar-refractivity contribution in [2.24, 2.45) is 0 Å². The molecule has 2 heterocycles. The van der Waals surface area contributed by atoms with E-state index >= 15 is 0 Å². The van der Waals surface area contributed by atoms with E-state index in [1.807, 2.05) is 18.4 Å². The molecule has 0 radical (unpaired) electrons. The highest BCUT2D eigenvalue weighted by Gasteiger charge is 2.10. The van der Waals surface area contributed by atoms with Gasteiger partial charge in [-0.3, -0.25) is 4.79 Å². The number of carbonyl (C=O) groups excluding carboxylic acids is 1. The minimum absolute atomic E-state index is 0.203. The van der Waals surface area contributed by atoms with Crippen LogP contribution in [-0.2, 0) is 13.1 Å². The summed E-state index contributed by atoms with van der Waals surface area (Å²) in [7, 11) is 0. The maximum absolute atomic E-state index is 11.5. The third kappa shape index (κ3) is 3.41. The summed E-state index contributed by atoms with van der Waals surface area (Å²) in [6.07, 6.45) is 0. The average molecular weight is 265 g/mol. The molecule has 0 unspecified atom stereocenters. The number of hydrogen-bond acceptors (Lipinski definition) is 5. The van der Waals surface area contributed by atoms with Crippen molar-refractivity contribution in [2.75, 3.05) is 6.54 Å². The molecule has 18 heavy (non-hydrogen) atoms. The predicted molar refractivity (Wildman–Crippen MR) is 69.4 cm³/mol. The number of hydrogen-bond donors (Lipinski definition) is 2. The molecule has 2 rings (SSSR count). The summed E-state index contributed by atoms with van der Waals surface area (Å²) in [4.78, 5) is 12.7. The molecule has 2 aromatic rings. The van der Waals surface area contributed by atoms with Crippen LogP contribution in [0.5, 0.6) is 0 Å². The van der Waals surface area contributed by atoms with E-state index < -0.39 is 0 Å². The van der Waals surface area contributed by atoms with Gasteiger partial charge in [-0.1, -0.05) is 11.2 Å². The molecular formula is C12H15N3O2S. The molecule has 0 aliphatic rings. The first-order valence-electron chi connectivity index (χ1n) is 5.76. The lowest BCUT2D eigenvalue weighted by molar-refractivity contribution is 0.0946. The molecule has 1 amide bonds. The van der Waals surface area contributed by atoms with E-state index in [4.69, 9.17) is 4.52 Å². The van der Waals surface area contributed by atoms with Crippen LogP contribution in [-0.4, -0.2) is 17.6 Å². The quantitative estimate of drug-likeness (QED) is 0.835. The number of rotatable bonds is 6. The molecule has 0 saturated heterocycles. The second-order valence-corrected chi connectivity index (χ2v) is 4.75. The van der Waals surface area contributed by atoms with Gasteiger partial charge in [0.2, 0.25) is 0 Å². The van der Waals surface area contributed by atoms with Crippen LogP contribution in [0.3, 0.4) is 0 Å². The van der Waals surface area contributed by atoms with Crippen molar-refractivity contribution in [3.8, 4) is 0 Å². The molecule has 2 aromatic heterocycles. The minimum Gasteiger partial charge on any atom is -0.359 e. The Morgan fingerprint density at radius 2 is 2.39 bits per heavy atom. The van der Waals surface area contributed by atoms with Crippen LogP contribution in [0.2, 0.25) is 0 Å². The monoisotopic (exact) mass is 265 g/mol. The lowest BCUT2D eigenvalue weighted by Crippen LogP contribution is -2.22. The average Bonchev–Trinajstić information content (AvgIpc) is 3.00. The summed E-state index contributed by atoms with van der Waals surface area (Å²) in [5, 5.41) is 11.7. The fourth-order valence-corrected chi connectivity index (χ4v) is 2.15. The van der Waals surface area contributed by atoms with Gasteiger partial charge in [-0.05, 0) is 18.4 Å². The lowest BCUT2D eigenvalue weighted by Gasteiger charge is -1.98. The van der Waals surface area contributed by atoms with Crippen LogP contribution in [0.25, 0.3) is 0 Å². The Morgan fingerprint density at radius 3 is 3.11 bits per heavy atom. The minimum atomic E-state index is -0.203. The number of nitrogens with one attached hydrogen (secondary N) is 2. The van der Waals surface area contributed by atoms with Gasteiger partial charge in [0.05, 0.1) is 6.54 Å². The second kappa shape index (κ2) is 6.32. The molecule has 0 aromatic carbocycles. The Labute approximate surface area is 109 Å². The maximum Gasteiger partial charge on any atom is 0.273 e. The van der Waals surface area contributed by atoms with Crippen molar-refractivity contribution in [2.45, 2.75) is 20.0 Å². The Balaban J connectivity index is 1.81. The largest absolute Gasteiger partial charge is 0.359 e. The van der Waals surface area contributed by atoms with Crippen molar-refractivity contribution >= 4 is 17.2 Å². The van der Waals surface area contributed by atoms with Gasteiger partial charge in [-0.2, -0.15) is 0 Å². The molecule has 0 spiro atoms. The second-order valence-electron chi connectivity index (χ2n) is 3.72. The third-order valence-electron chi connectivity index (χ3n) is 2.31. The van der Waals surface area contributed by atoms with E-state index in [1.54, 1.807) is 17.4 Å². The van der Waals surface area contributed by atoms with Crippen molar-refractivity contribution in [1.82, 2.24) is 15.8 Å². The highest BCUT2D eigenvalue weighted by molar-refractivity contribution is 7.09. The molecule has 0 aliphatic heterocycles. The molecule has 0 atom stereocenters. The smallest absolute Gasteiger partial charge is 0.273 e. The van der Waals surface area contributed by atoms with E-state index in [1.165, 1.54) is 4.88 Å². The number of thiophene rings is 1. The van der Waals surface area contributed by atoms with E-state index in [0.29, 0.717) is 24.5 Å². The van der Waals surface area contributed by atoms with Crippen LogP contribution >= 0.6 is 11.3 Å². The molecular weight excluding hydrogens is 250 g/mol. The van der Waals surface area contributed by atoms with Crippen LogP contribution < -0.4 is 10.6 Å². The highest BCUT2D eigenvalue weighted by Crippen LogP contribution is 2.08. The van der Waals surface area contributed by atoms with Crippen molar-refractivity contribution < 1.29 is 9.32 Å². The Kier molecular flexibility index (Phi) is 4.49. The standard InChI is InChI=1S/C12H15N3O2S/c1-2-14-12(16)11-6-9(17-15-11)7-13-8-10-4-3-5-18-10/h3-6,13H,2,7-8H2,1H3,(H,14,16). The van der Waals surface area contributed by atoms with E-state index in [0.717, 1.165) is 6.54 Å². The van der Waals surface area contributed by atoms with Crippen LogP contribution in [0.15, 0.2) is 28.1 Å². The van der Waals surface area contributed by atoms with Crippen molar-refractivity contribution in [3.05, 3.63) is 39.9 Å². The molecule has 0 saturated carbocycles. The zero-order valence-corrected chi connectivity index (χ0v) is 10.9.